The van der Waals surface area contributed by atoms with E-state index in [-0.39, 0.29) is 166 Å². The topological polar surface area (TPSA) is 606 Å². The van der Waals surface area contributed by atoms with E-state index in [2.05, 4.69) is 73.9 Å². The van der Waals surface area contributed by atoms with E-state index in [4.69, 9.17) is 47.4 Å². The zero-order valence-corrected chi connectivity index (χ0v) is 73.3. The van der Waals surface area contributed by atoms with Crippen LogP contribution in [0.2, 0.25) is 0 Å². The number of carbonyl (C=O) groups is 11. The minimum atomic E-state index is -2.14. The molecule has 20 N–H and O–H groups in total. The van der Waals surface area contributed by atoms with Crippen molar-refractivity contribution < 1.29 is 156 Å². The minimum Gasteiger partial charge on any atom is -0.394 e. The van der Waals surface area contributed by atoms with Gasteiger partial charge in [0.1, 0.15) is 91.4 Å². The maximum atomic E-state index is 17.3. The summed E-state index contributed by atoms with van der Waals surface area (Å²) in [5.74, 6) is -4.31. The molecule has 5 fully saturated rings. The number of nitrogens with one attached hydrogen (secondary N) is 10. The summed E-state index contributed by atoms with van der Waals surface area (Å²) in [5.41, 5.74) is -0.0111. The zero-order chi connectivity index (χ0) is 92.0. The Kier molecular flexibility index (Phi) is 51.8. The van der Waals surface area contributed by atoms with Gasteiger partial charge in [-0.15, -0.1) is 0 Å². The molecule has 5 rings (SSSR count). The molecule has 0 aromatic heterocycles. The fourth-order valence-corrected chi connectivity index (χ4v) is 15.0. The number of aliphatic hydroxyl groups is 10. The van der Waals surface area contributed by atoms with Gasteiger partial charge in [0.15, 0.2) is 31.3 Å². The number of likely N-dealkylation sites (tertiary alicyclic amines) is 1. The largest absolute Gasteiger partial charge is 0.394 e. The van der Waals surface area contributed by atoms with E-state index < -0.39 is 190 Å². The number of amides is 11. The van der Waals surface area contributed by atoms with Crippen LogP contribution in [0.25, 0.3) is 0 Å². The Hall–Kier alpha value is -6.70. The normalized spacial score (nSPS) is 28.1. The summed E-state index contributed by atoms with van der Waals surface area (Å²) in [7, 11) is 0. The van der Waals surface area contributed by atoms with Gasteiger partial charge in [-0.1, -0.05) is 46.5 Å². The first-order valence-electron chi connectivity index (χ1n) is 44.2. The van der Waals surface area contributed by atoms with Gasteiger partial charge in [-0.25, -0.2) is 4.39 Å². The van der Waals surface area contributed by atoms with E-state index >= 15 is 4.39 Å². The number of unbranched alkanes of at least 4 members (excludes halogenated alkanes) is 8. The standard InChI is InChI=1S/C82H144FN11O31/c1-49(98)90-67-73(113)70(110)54(45-95)123-79(67)119-36-16-13-22-58(102)84-30-19-33-87-61(105)27-39-116-48-57-76(117-40-28-62(106)88-34-20-31-85-59(103)23-14-17-37-120-80-68(91-50(2)99)74(114)71(111)55(46-96)124-80)77(66(83)78(122-57)93-64(108)25-11-9-7-8-10-12-26-65(109)94-44-53(101)42-52(94)43-82(4,5)6)118-41-29-63(107)89-35-21-32-86-60(104)24-15-18-38-121-81-69(92-51(3)100)75(115)72(112)56(47-97)125-81/h52-57,66-81,95-97,101,110-115H,7-48H2,1-6H3,(H,84,102)(H,85,103)(H,86,104)(H,87,105)(H,88,106)(H,89,107)(H,90,98)(H,91,99)(H,92,100)(H,93,108)/t52-,53+,54+,55+,56+,57+,66+,67+,68+,69+,70-,71-,72-,73+,74+,75+,76+,77+,78+,79+,80+,81+/m0/s1. The van der Waals surface area contributed by atoms with Crippen molar-refractivity contribution in [1.29, 1.82) is 0 Å². The van der Waals surface area contributed by atoms with Crippen molar-refractivity contribution in [2.45, 2.75) is 337 Å². The fourth-order valence-electron chi connectivity index (χ4n) is 15.0. The summed E-state index contributed by atoms with van der Waals surface area (Å²) < 4.78 is 75.8. The number of ether oxygens (including phenoxy) is 10. The highest BCUT2D eigenvalue weighted by Crippen LogP contribution is 2.33. The van der Waals surface area contributed by atoms with Crippen LogP contribution < -0.4 is 53.2 Å². The predicted octanol–water partition coefficient (Wildman–Crippen LogP) is -4.10. The van der Waals surface area contributed by atoms with Crippen LogP contribution in [-0.2, 0) is 100 Å². The molecule has 0 spiro atoms. The number of halogens is 1. The number of hydrogen-bond donors (Lipinski definition) is 20. The van der Waals surface area contributed by atoms with Crippen LogP contribution in [0.15, 0.2) is 0 Å². The van der Waals surface area contributed by atoms with E-state index in [0.717, 1.165) is 25.7 Å². The van der Waals surface area contributed by atoms with E-state index in [1.54, 1.807) is 0 Å². The summed E-state index contributed by atoms with van der Waals surface area (Å²) in [4.78, 5) is 142. The van der Waals surface area contributed by atoms with Gasteiger partial charge in [-0.3, -0.25) is 52.7 Å². The van der Waals surface area contributed by atoms with Gasteiger partial charge in [0.25, 0.3) is 0 Å². The third kappa shape index (κ3) is 41.3. The number of alkyl halides is 1. The summed E-state index contributed by atoms with van der Waals surface area (Å²) in [6.45, 7) is 8.36. The Morgan fingerprint density at radius 3 is 1.08 bits per heavy atom. The van der Waals surface area contributed by atoms with Gasteiger partial charge in [0.05, 0.1) is 52.4 Å². The Morgan fingerprint density at radius 2 is 0.712 bits per heavy atom. The molecule has 22 atom stereocenters. The lowest BCUT2D eigenvalue weighted by atomic mass is 9.87. The average Bonchev–Trinajstić information content (AvgIpc) is 1.75. The van der Waals surface area contributed by atoms with Crippen molar-refractivity contribution in [3.63, 3.8) is 0 Å². The number of nitrogens with zero attached hydrogens (tertiary/aromatic N) is 1. The predicted molar refractivity (Wildman–Crippen MR) is 440 cm³/mol. The van der Waals surface area contributed by atoms with Crippen LogP contribution in [0, 0.1) is 5.41 Å². The first-order valence-corrected chi connectivity index (χ1v) is 44.2. The molecule has 125 heavy (non-hydrogen) atoms. The summed E-state index contributed by atoms with van der Waals surface area (Å²) in [6, 6.07) is -3.36. The van der Waals surface area contributed by atoms with Crippen molar-refractivity contribution >= 4 is 65.0 Å². The molecular weight excluding hydrogens is 1650 g/mol. The van der Waals surface area contributed by atoms with Crippen LogP contribution in [0.5, 0.6) is 0 Å². The molecule has 42 nitrogen and oxygen atoms in total. The number of hydrogen-bond acceptors (Lipinski definition) is 31. The highest BCUT2D eigenvalue weighted by atomic mass is 19.1. The van der Waals surface area contributed by atoms with Gasteiger partial charge in [-0.2, -0.15) is 0 Å². The second-order valence-electron chi connectivity index (χ2n) is 33.5. The lowest BCUT2D eigenvalue weighted by Gasteiger charge is -2.43. The summed E-state index contributed by atoms with van der Waals surface area (Å²) in [5, 5.41) is 128. The minimum absolute atomic E-state index is 0.0111. The molecule has 0 aromatic carbocycles. The Bertz CT molecular complexity index is 3220. The van der Waals surface area contributed by atoms with E-state index in [0.29, 0.717) is 96.4 Å². The quantitative estimate of drug-likeness (QED) is 0.0257. The Labute approximate surface area is 730 Å². The van der Waals surface area contributed by atoms with Crippen molar-refractivity contribution in [3.05, 3.63) is 0 Å². The molecule has 0 aromatic rings. The van der Waals surface area contributed by atoms with E-state index in [1.165, 1.54) is 20.8 Å². The van der Waals surface area contributed by atoms with Crippen molar-refractivity contribution in [2.24, 2.45) is 5.41 Å². The molecule has 5 saturated heterocycles. The highest BCUT2D eigenvalue weighted by Gasteiger charge is 2.51. The number of aliphatic hydroxyl groups excluding tert-OH is 10. The second kappa shape index (κ2) is 59.5. The van der Waals surface area contributed by atoms with E-state index in [9.17, 15) is 104 Å². The molecule has 11 amide bonds. The SMILES string of the molecule is CC(=O)N[C@H]1[C@H](OCCCCC(=O)NCCCNC(=O)CCOC[C@H]2O[C@@H](NC(=O)CCCCCCCCC(=O)N3C[C@H](O)C[C@H]3CC(C)(C)C)[C@H](F)[C@@H](OCCC(=O)NCCCNC(=O)CCCCO[C@@H]3O[C@H](CO)[C@H](O)[C@H](O)[C@H]3NC(C)=O)[C@@H]2OCCC(=O)NCCCNC(=O)CCCCO[C@@H]2O[C@H](CO)[C@H](O)[C@H](O)[C@H]2NC(C)=O)O[C@H](CO)[C@H](O)[C@@H]1O. The molecule has 43 heteroatoms. The number of rotatable bonds is 60. The molecule has 5 aliphatic heterocycles. The highest BCUT2D eigenvalue weighted by molar-refractivity contribution is 5.79. The van der Waals surface area contributed by atoms with Crippen molar-refractivity contribution in [3.8, 4) is 0 Å². The summed E-state index contributed by atoms with van der Waals surface area (Å²) >= 11 is 0. The fraction of sp³-hybridized carbons (Fsp3) is 0.866. The molecule has 0 radical (unpaired) electrons. The first-order chi connectivity index (χ1) is 59.6. The monoisotopic (exact) mass is 1800 g/mol. The van der Waals surface area contributed by atoms with Gasteiger partial charge in [0.2, 0.25) is 65.0 Å². The smallest absolute Gasteiger partial charge is 0.222 e. The van der Waals surface area contributed by atoms with Gasteiger partial charge < -0.3 is 157 Å². The van der Waals surface area contributed by atoms with Crippen LogP contribution in [0.4, 0.5) is 4.39 Å². The molecule has 720 valence electrons. The van der Waals surface area contributed by atoms with Crippen LogP contribution >= 0.6 is 0 Å². The Morgan fingerprint density at radius 1 is 0.376 bits per heavy atom. The lowest BCUT2D eigenvalue weighted by Crippen LogP contribution is -2.64. The van der Waals surface area contributed by atoms with Crippen LogP contribution in [0.1, 0.15) is 202 Å². The zero-order valence-electron chi connectivity index (χ0n) is 73.3. The summed E-state index contributed by atoms with van der Waals surface area (Å²) in [6.07, 6.45) is -15.8. The lowest BCUT2D eigenvalue weighted by molar-refractivity contribution is -0.270. The number of carbonyl (C=O) groups excluding carboxylic acids is 11. The second-order valence-corrected chi connectivity index (χ2v) is 33.5. The average molecular weight is 1800 g/mol. The Balaban J connectivity index is 1.15. The van der Waals surface area contributed by atoms with Gasteiger partial charge >= 0.3 is 0 Å². The molecular formula is C82H144FN11O31. The molecule has 0 unspecified atom stereocenters. The van der Waals surface area contributed by atoms with Crippen molar-refractivity contribution in [1.82, 2.24) is 58.1 Å². The maximum Gasteiger partial charge on any atom is 0.222 e. The van der Waals surface area contributed by atoms with Gasteiger partial charge in [0, 0.05) is 144 Å². The number of β-amino-alcohol motifs (C(OH)–C–C–N with tert-alkyl or cyclic N) is 1. The molecule has 5 heterocycles. The third-order valence-electron chi connectivity index (χ3n) is 21.5. The third-order valence-corrected chi connectivity index (χ3v) is 21.5. The molecule has 5 aliphatic rings. The molecule has 0 bridgehead atoms. The molecule has 0 saturated carbocycles. The van der Waals surface area contributed by atoms with Crippen LogP contribution in [-0.4, -0.2) is 368 Å². The van der Waals surface area contributed by atoms with E-state index in [1.807, 2.05) is 4.90 Å². The van der Waals surface area contributed by atoms with Gasteiger partial charge in [-0.05, 0) is 88.9 Å². The van der Waals surface area contributed by atoms with Crippen LogP contribution in [0.3, 0.4) is 0 Å². The van der Waals surface area contributed by atoms with Crippen molar-refractivity contribution in [2.75, 3.05) is 112 Å². The first kappa shape index (κ1) is 109. The maximum absolute atomic E-state index is 17.3. The molecule has 0 aliphatic carbocycles.